The molecule has 1 saturated heterocycles. The summed E-state index contributed by atoms with van der Waals surface area (Å²) in [7, 11) is 1.95. The lowest BCUT2D eigenvalue weighted by atomic mass is 9.85. The largest absolute Gasteiger partial charge is 0.344 e. The van der Waals surface area contributed by atoms with E-state index < -0.39 is 0 Å². The van der Waals surface area contributed by atoms with E-state index in [4.69, 9.17) is 0 Å². The van der Waals surface area contributed by atoms with E-state index >= 15 is 0 Å². The van der Waals surface area contributed by atoms with Gasteiger partial charge in [-0.25, -0.2) is 0 Å². The van der Waals surface area contributed by atoms with Crippen LogP contribution in [0.1, 0.15) is 39.0 Å². The Morgan fingerprint density at radius 3 is 2.67 bits per heavy atom. The minimum atomic E-state index is -0.279. The Morgan fingerprint density at radius 1 is 1.47 bits per heavy atom. The van der Waals surface area contributed by atoms with Gasteiger partial charge in [-0.2, -0.15) is 0 Å². The molecule has 0 aromatic carbocycles. The summed E-state index contributed by atoms with van der Waals surface area (Å²) in [6.07, 6.45) is 6.08. The monoisotopic (exact) mass is 210 g/mol. The molecule has 3 heteroatoms. The second kappa shape index (κ2) is 4.12. The van der Waals surface area contributed by atoms with E-state index in [-0.39, 0.29) is 11.4 Å². The van der Waals surface area contributed by atoms with Crippen LogP contribution >= 0.6 is 0 Å². The van der Waals surface area contributed by atoms with Gasteiger partial charge < -0.3 is 10.2 Å². The van der Waals surface area contributed by atoms with Crippen LogP contribution in [0.2, 0.25) is 0 Å². The summed E-state index contributed by atoms with van der Waals surface area (Å²) in [4.78, 5) is 14.1. The lowest BCUT2D eigenvalue weighted by molar-refractivity contribution is -0.136. The van der Waals surface area contributed by atoms with Crippen LogP contribution < -0.4 is 5.32 Å². The normalized spacial score (nSPS) is 31.3. The predicted molar refractivity (Wildman–Crippen MR) is 60.6 cm³/mol. The van der Waals surface area contributed by atoms with E-state index in [2.05, 4.69) is 5.32 Å². The van der Waals surface area contributed by atoms with Crippen LogP contribution in [0, 0.1) is 5.92 Å². The molecule has 2 aliphatic rings. The highest BCUT2D eigenvalue weighted by atomic mass is 16.2. The number of amides is 1. The van der Waals surface area contributed by atoms with Gasteiger partial charge in [-0.3, -0.25) is 4.79 Å². The van der Waals surface area contributed by atoms with E-state index in [0.29, 0.717) is 0 Å². The molecule has 1 heterocycles. The van der Waals surface area contributed by atoms with E-state index in [9.17, 15) is 4.79 Å². The third-order valence-electron chi connectivity index (χ3n) is 3.94. The Bertz CT molecular complexity index is 242. The molecule has 0 spiro atoms. The third-order valence-corrected chi connectivity index (χ3v) is 3.94. The van der Waals surface area contributed by atoms with Crippen LogP contribution in [0.25, 0.3) is 0 Å². The average Bonchev–Trinajstić information content (AvgIpc) is 2.58. The number of hydrogen-bond donors (Lipinski definition) is 1. The van der Waals surface area contributed by atoms with Crippen molar-refractivity contribution < 1.29 is 4.79 Å². The van der Waals surface area contributed by atoms with Gasteiger partial charge >= 0.3 is 0 Å². The zero-order chi connectivity index (χ0) is 10.9. The van der Waals surface area contributed by atoms with Crippen molar-refractivity contribution in [2.75, 3.05) is 20.1 Å². The second-order valence-electron chi connectivity index (χ2n) is 5.35. The van der Waals surface area contributed by atoms with Gasteiger partial charge in [0.1, 0.15) is 0 Å². The molecule has 1 aliphatic heterocycles. The smallest absolute Gasteiger partial charge is 0.242 e. The first-order valence-corrected chi connectivity index (χ1v) is 6.12. The van der Waals surface area contributed by atoms with Crippen molar-refractivity contribution in [1.29, 1.82) is 0 Å². The summed E-state index contributed by atoms with van der Waals surface area (Å²) in [5.41, 5.74) is -0.279. The molecule has 0 aromatic rings. The third kappa shape index (κ3) is 2.17. The summed E-state index contributed by atoms with van der Waals surface area (Å²) in [6.45, 7) is 3.98. The number of nitrogens with one attached hydrogen (secondary N) is 1. The van der Waals surface area contributed by atoms with E-state index in [1.165, 1.54) is 19.3 Å². The summed E-state index contributed by atoms with van der Waals surface area (Å²) < 4.78 is 0. The zero-order valence-corrected chi connectivity index (χ0v) is 9.88. The van der Waals surface area contributed by atoms with Crippen molar-refractivity contribution >= 4 is 5.91 Å². The molecule has 1 aliphatic carbocycles. The van der Waals surface area contributed by atoms with Crippen LogP contribution in [0.15, 0.2) is 0 Å². The molecule has 2 fully saturated rings. The minimum absolute atomic E-state index is 0.279. The van der Waals surface area contributed by atoms with Crippen LogP contribution in [0.5, 0.6) is 0 Å². The van der Waals surface area contributed by atoms with Crippen molar-refractivity contribution in [3.05, 3.63) is 0 Å². The molecule has 1 amide bonds. The summed E-state index contributed by atoms with van der Waals surface area (Å²) in [6, 6.07) is 0. The van der Waals surface area contributed by atoms with Crippen LogP contribution in [0.3, 0.4) is 0 Å². The second-order valence-corrected chi connectivity index (χ2v) is 5.35. The fourth-order valence-electron chi connectivity index (χ4n) is 2.64. The number of likely N-dealkylation sites (N-methyl/N-ethyl adjacent to an activating group) is 1. The van der Waals surface area contributed by atoms with E-state index in [1.807, 2.05) is 18.9 Å². The fourth-order valence-corrected chi connectivity index (χ4v) is 2.64. The number of rotatable bonds is 3. The number of carbonyl (C=O) groups excluding carboxylic acids is 1. The standard InChI is InChI=1S/C12H22N2O/c1-12(7-4-8-13-12)11(15)14(2)9-10-5-3-6-10/h10,13H,3-9H2,1-2H3. The van der Waals surface area contributed by atoms with Crippen molar-refractivity contribution in [1.82, 2.24) is 10.2 Å². The fraction of sp³-hybridized carbons (Fsp3) is 0.917. The highest BCUT2D eigenvalue weighted by molar-refractivity contribution is 5.86. The molecule has 3 nitrogen and oxygen atoms in total. The highest BCUT2D eigenvalue weighted by Crippen LogP contribution is 2.28. The Labute approximate surface area is 92.2 Å². The van der Waals surface area contributed by atoms with Gasteiger partial charge in [0.05, 0.1) is 5.54 Å². The molecule has 1 atom stereocenters. The topological polar surface area (TPSA) is 32.3 Å². The van der Waals surface area contributed by atoms with E-state index in [0.717, 1.165) is 31.8 Å². The SMILES string of the molecule is CN(CC1CCC1)C(=O)C1(C)CCCN1. The minimum Gasteiger partial charge on any atom is -0.344 e. The summed E-state index contributed by atoms with van der Waals surface area (Å²) in [5, 5.41) is 3.33. The Morgan fingerprint density at radius 2 is 2.20 bits per heavy atom. The maximum Gasteiger partial charge on any atom is 0.242 e. The van der Waals surface area contributed by atoms with Crippen molar-refractivity contribution in [3.63, 3.8) is 0 Å². The Hall–Kier alpha value is -0.570. The molecule has 0 bridgehead atoms. The summed E-state index contributed by atoms with van der Waals surface area (Å²) in [5.74, 6) is 1.05. The van der Waals surface area contributed by atoms with Gasteiger partial charge in [0.2, 0.25) is 5.91 Å². The van der Waals surface area contributed by atoms with Crippen molar-refractivity contribution in [2.45, 2.75) is 44.6 Å². The Kier molecular flexibility index (Phi) is 3.01. The van der Waals surface area contributed by atoms with Crippen molar-refractivity contribution in [3.8, 4) is 0 Å². The quantitative estimate of drug-likeness (QED) is 0.763. The first kappa shape index (κ1) is 10.9. The molecule has 0 radical (unpaired) electrons. The molecular formula is C12H22N2O. The van der Waals surface area contributed by atoms with Crippen molar-refractivity contribution in [2.24, 2.45) is 5.92 Å². The average molecular weight is 210 g/mol. The molecule has 1 unspecified atom stereocenters. The number of hydrogen-bond acceptors (Lipinski definition) is 2. The molecule has 15 heavy (non-hydrogen) atoms. The molecule has 86 valence electrons. The maximum absolute atomic E-state index is 12.2. The van der Waals surface area contributed by atoms with Crippen LogP contribution in [0.4, 0.5) is 0 Å². The van der Waals surface area contributed by atoms with E-state index in [1.54, 1.807) is 0 Å². The molecule has 2 rings (SSSR count). The van der Waals surface area contributed by atoms with Gasteiger partial charge in [0.15, 0.2) is 0 Å². The molecule has 1 saturated carbocycles. The highest BCUT2D eigenvalue weighted by Gasteiger charge is 2.38. The predicted octanol–water partition coefficient (Wildman–Crippen LogP) is 1.39. The number of carbonyl (C=O) groups is 1. The van der Waals surface area contributed by atoms with Gasteiger partial charge in [-0.05, 0) is 45.1 Å². The lowest BCUT2D eigenvalue weighted by Gasteiger charge is -2.34. The number of nitrogens with zero attached hydrogens (tertiary/aromatic N) is 1. The van der Waals surface area contributed by atoms with Crippen LogP contribution in [-0.4, -0.2) is 36.5 Å². The lowest BCUT2D eigenvalue weighted by Crippen LogP contribution is -2.52. The molecular weight excluding hydrogens is 188 g/mol. The first-order valence-electron chi connectivity index (χ1n) is 6.12. The maximum atomic E-state index is 12.2. The van der Waals surface area contributed by atoms with Gasteiger partial charge in [0.25, 0.3) is 0 Å². The van der Waals surface area contributed by atoms with Gasteiger partial charge in [0, 0.05) is 13.6 Å². The Balaban J connectivity index is 1.88. The first-order chi connectivity index (χ1) is 7.12. The van der Waals surface area contributed by atoms with Gasteiger partial charge in [-0.15, -0.1) is 0 Å². The molecule has 0 aromatic heterocycles. The van der Waals surface area contributed by atoms with Crippen LogP contribution in [-0.2, 0) is 4.79 Å². The van der Waals surface area contributed by atoms with Gasteiger partial charge in [-0.1, -0.05) is 6.42 Å². The zero-order valence-electron chi connectivity index (χ0n) is 9.88. The molecule has 1 N–H and O–H groups in total. The summed E-state index contributed by atoms with van der Waals surface area (Å²) >= 11 is 0.